The van der Waals surface area contributed by atoms with Crippen LogP contribution in [-0.2, 0) is 11.3 Å². The van der Waals surface area contributed by atoms with Crippen molar-refractivity contribution in [2.24, 2.45) is 0 Å². The van der Waals surface area contributed by atoms with Crippen molar-refractivity contribution in [3.05, 3.63) is 59.7 Å². The molecule has 0 aromatic heterocycles. The largest absolute Gasteiger partial charge is 0.358 e. The molecule has 4 rings (SSSR count). The Kier molecular flexibility index (Phi) is 6.33. The van der Waals surface area contributed by atoms with Gasteiger partial charge in [0.05, 0.1) is 11.4 Å². The number of amides is 2. The molecule has 2 amide bonds. The van der Waals surface area contributed by atoms with E-state index in [1.165, 1.54) is 5.56 Å². The zero-order valence-corrected chi connectivity index (χ0v) is 17.6. The molecule has 1 atom stereocenters. The number of hydrogen-bond acceptors (Lipinski definition) is 4. The highest BCUT2D eigenvalue weighted by atomic mass is 16.2. The molecule has 6 heteroatoms. The molecule has 0 radical (unpaired) electrons. The van der Waals surface area contributed by atoms with Gasteiger partial charge in [-0.1, -0.05) is 37.3 Å². The number of nitrogens with one attached hydrogen (secondary N) is 2. The predicted octanol–water partition coefficient (Wildman–Crippen LogP) is 3.25. The van der Waals surface area contributed by atoms with Crippen LogP contribution >= 0.6 is 0 Å². The fraction of sp³-hybridized carbons (Fsp3) is 0.417. The van der Waals surface area contributed by atoms with Crippen molar-refractivity contribution in [2.75, 3.05) is 36.4 Å². The van der Waals surface area contributed by atoms with Gasteiger partial charge < -0.3 is 15.5 Å². The van der Waals surface area contributed by atoms with Crippen LogP contribution in [0.25, 0.3) is 0 Å². The van der Waals surface area contributed by atoms with Gasteiger partial charge in [-0.15, -0.1) is 0 Å². The first-order valence-electron chi connectivity index (χ1n) is 10.9. The summed E-state index contributed by atoms with van der Waals surface area (Å²) in [5.74, 6) is -0.0580. The van der Waals surface area contributed by atoms with Crippen LogP contribution < -0.4 is 15.5 Å². The molecule has 1 saturated heterocycles. The lowest BCUT2D eigenvalue weighted by Gasteiger charge is -2.33. The third-order valence-corrected chi connectivity index (χ3v) is 6.01. The van der Waals surface area contributed by atoms with Gasteiger partial charge >= 0.3 is 0 Å². The van der Waals surface area contributed by atoms with Gasteiger partial charge in [-0.2, -0.15) is 0 Å². The highest BCUT2D eigenvalue weighted by molar-refractivity contribution is 6.06. The van der Waals surface area contributed by atoms with Gasteiger partial charge in [0.1, 0.15) is 6.04 Å². The van der Waals surface area contributed by atoms with Gasteiger partial charge in [0, 0.05) is 31.7 Å². The zero-order chi connectivity index (χ0) is 20.9. The number of benzene rings is 2. The summed E-state index contributed by atoms with van der Waals surface area (Å²) < 4.78 is 0. The average Bonchev–Trinajstić information content (AvgIpc) is 3.27. The SMILES string of the molecule is CCN(CCCNC(=O)c1ccc2c(c1)NC(=O)[C@@H]1CCCN21)Cc1ccccc1. The molecular weight excluding hydrogens is 376 g/mol. The molecule has 2 aromatic rings. The van der Waals surface area contributed by atoms with E-state index in [1.807, 2.05) is 18.2 Å². The maximum atomic E-state index is 12.6. The zero-order valence-electron chi connectivity index (χ0n) is 17.6. The number of fused-ring (bicyclic) bond motifs is 3. The predicted molar refractivity (Wildman–Crippen MR) is 120 cm³/mol. The summed E-state index contributed by atoms with van der Waals surface area (Å²) in [4.78, 5) is 29.4. The molecular formula is C24H30N4O2. The van der Waals surface area contributed by atoms with Crippen LogP contribution in [0.3, 0.4) is 0 Å². The van der Waals surface area contributed by atoms with Gasteiger partial charge in [-0.3, -0.25) is 14.5 Å². The standard InChI is InChI=1S/C24H30N4O2/c1-2-27(17-18-8-4-3-5-9-18)14-7-13-25-23(29)19-11-12-21-20(16-19)26-24(30)22-10-6-15-28(21)22/h3-5,8-9,11-12,16,22H,2,6-7,10,13-15,17H2,1H3,(H,25,29)(H,26,30)/t22-/m0/s1. The molecule has 0 aliphatic carbocycles. The molecule has 0 bridgehead atoms. The third kappa shape index (κ3) is 4.49. The Balaban J connectivity index is 1.28. The average molecular weight is 407 g/mol. The van der Waals surface area contributed by atoms with E-state index in [-0.39, 0.29) is 17.9 Å². The van der Waals surface area contributed by atoms with Crippen LogP contribution in [0.15, 0.2) is 48.5 Å². The summed E-state index contributed by atoms with van der Waals surface area (Å²) in [6, 6.07) is 16.0. The van der Waals surface area contributed by atoms with Crippen molar-refractivity contribution >= 4 is 23.2 Å². The Bertz CT molecular complexity index is 899. The van der Waals surface area contributed by atoms with Gasteiger partial charge in [0.15, 0.2) is 0 Å². The highest BCUT2D eigenvalue weighted by Crippen LogP contribution is 2.37. The van der Waals surface area contributed by atoms with E-state index in [0.717, 1.165) is 56.8 Å². The molecule has 0 unspecified atom stereocenters. The second kappa shape index (κ2) is 9.30. The first-order valence-corrected chi connectivity index (χ1v) is 10.9. The van der Waals surface area contributed by atoms with Crippen molar-refractivity contribution in [3.8, 4) is 0 Å². The fourth-order valence-corrected chi connectivity index (χ4v) is 4.37. The molecule has 6 nitrogen and oxygen atoms in total. The third-order valence-electron chi connectivity index (χ3n) is 6.01. The van der Waals surface area contributed by atoms with Gasteiger partial charge in [0.2, 0.25) is 5.91 Å². The van der Waals surface area contributed by atoms with Crippen LogP contribution in [-0.4, -0.2) is 48.9 Å². The second-order valence-electron chi connectivity index (χ2n) is 8.04. The van der Waals surface area contributed by atoms with E-state index in [0.29, 0.717) is 12.1 Å². The summed E-state index contributed by atoms with van der Waals surface area (Å²) in [6.07, 6.45) is 2.81. The molecule has 0 saturated carbocycles. The monoisotopic (exact) mass is 406 g/mol. The van der Waals surface area contributed by atoms with E-state index in [4.69, 9.17) is 0 Å². The number of carbonyl (C=O) groups is 2. The lowest BCUT2D eigenvalue weighted by atomic mass is 10.1. The number of nitrogens with zero attached hydrogens (tertiary/aromatic N) is 2. The summed E-state index contributed by atoms with van der Waals surface area (Å²) in [5.41, 5.74) is 3.65. The van der Waals surface area contributed by atoms with Crippen LogP contribution in [0.2, 0.25) is 0 Å². The lowest BCUT2D eigenvalue weighted by Crippen LogP contribution is -2.44. The van der Waals surface area contributed by atoms with Crippen molar-refractivity contribution < 1.29 is 9.59 Å². The molecule has 158 valence electrons. The van der Waals surface area contributed by atoms with E-state index in [1.54, 1.807) is 6.07 Å². The Morgan fingerprint density at radius 2 is 2.07 bits per heavy atom. The van der Waals surface area contributed by atoms with Gasteiger partial charge in [-0.25, -0.2) is 0 Å². The first kappa shape index (κ1) is 20.4. The fourth-order valence-electron chi connectivity index (χ4n) is 4.37. The Morgan fingerprint density at radius 3 is 2.87 bits per heavy atom. The summed E-state index contributed by atoms with van der Waals surface area (Å²) in [5, 5.41) is 5.99. The van der Waals surface area contributed by atoms with Crippen LogP contribution in [0, 0.1) is 0 Å². The smallest absolute Gasteiger partial charge is 0.251 e. The number of rotatable bonds is 8. The second-order valence-corrected chi connectivity index (χ2v) is 8.04. The molecule has 2 aliphatic rings. The topological polar surface area (TPSA) is 64.7 Å². The van der Waals surface area contributed by atoms with Crippen LogP contribution in [0.4, 0.5) is 11.4 Å². The molecule has 2 aliphatic heterocycles. The van der Waals surface area contributed by atoms with E-state index >= 15 is 0 Å². The normalized spacial score (nSPS) is 17.5. The van der Waals surface area contributed by atoms with E-state index in [9.17, 15) is 9.59 Å². The molecule has 0 spiro atoms. The lowest BCUT2D eigenvalue weighted by molar-refractivity contribution is -0.117. The van der Waals surface area contributed by atoms with Crippen LogP contribution in [0.5, 0.6) is 0 Å². The minimum absolute atomic E-state index is 0.0376. The molecule has 2 heterocycles. The van der Waals surface area contributed by atoms with Gasteiger partial charge in [0.25, 0.3) is 5.91 Å². The quantitative estimate of drug-likeness (QED) is 0.661. The maximum absolute atomic E-state index is 12.6. The summed E-state index contributed by atoms with van der Waals surface area (Å²) >= 11 is 0. The Morgan fingerprint density at radius 1 is 1.23 bits per heavy atom. The molecule has 30 heavy (non-hydrogen) atoms. The Labute approximate surface area is 178 Å². The van der Waals surface area contributed by atoms with E-state index < -0.39 is 0 Å². The van der Waals surface area contributed by atoms with E-state index in [2.05, 4.69) is 51.6 Å². The number of carbonyl (C=O) groups excluding carboxylic acids is 2. The van der Waals surface area contributed by atoms with Gasteiger partial charge in [-0.05, 0) is 49.6 Å². The maximum Gasteiger partial charge on any atom is 0.251 e. The van der Waals surface area contributed by atoms with Crippen molar-refractivity contribution in [2.45, 2.75) is 38.8 Å². The van der Waals surface area contributed by atoms with Crippen molar-refractivity contribution in [1.82, 2.24) is 10.2 Å². The minimum atomic E-state index is -0.0956. The molecule has 1 fully saturated rings. The van der Waals surface area contributed by atoms with Crippen molar-refractivity contribution in [3.63, 3.8) is 0 Å². The molecule has 2 aromatic carbocycles. The minimum Gasteiger partial charge on any atom is -0.358 e. The van der Waals surface area contributed by atoms with Crippen LogP contribution in [0.1, 0.15) is 42.1 Å². The van der Waals surface area contributed by atoms with Crippen molar-refractivity contribution in [1.29, 1.82) is 0 Å². The molecule has 2 N–H and O–H groups in total. The first-order chi connectivity index (χ1) is 14.7. The Hall–Kier alpha value is -2.86. The summed E-state index contributed by atoms with van der Waals surface area (Å²) in [6.45, 7) is 6.52. The summed E-state index contributed by atoms with van der Waals surface area (Å²) in [7, 11) is 0. The highest BCUT2D eigenvalue weighted by Gasteiger charge is 2.36. The number of hydrogen-bond donors (Lipinski definition) is 2. The number of anilines is 2.